The van der Waals surface area contributed by atoms with Crippen LogP contribution >= 0.6 is 0 Å². The molecule has 1 heteroatoms. The van der Waals surface area contributed by atoms with Gasteiger partial charge in [-0.15, -0.1) is 0 Å². The van der Waals surface area contributed by atoms with Crippen LogP contribution in [0.5, 0.6) is 0 Å². The Hall–Kier alpha value is -1.86. The van der Waals surface area contributed by atoms with E-state index in [2.05, 4.69) is 86.4 Å². The first kappa shape index (κ1) is 14.1. The van der Waals surface area contributed by atoms with Gasteiger partial charge in [-0.25, -0.2) is 0 Å². The summed E-state index contributed by atoms with van der Waals surface area (Å²) >= 11 is 0. The first-order chi connectivity index (χ1) is 10.1. The zero-order chi connectivity index (χ0) is 14.9. The maximum Gasteiger partial charge on any atom is 0.0779 e. The second-order valence-electron chi connectivity index (χ2n) is 6.66. The van der Waals surface area contributed by atoms with Gasteiger partial charge in [0.25, 0.3) is 0 Å². The Kier molecular flexibility index (Phi) is 3.69. The Balaban J connectivity index is 2.17. The summed E-state index contributed by atoms with van der Waals surface area (Å²) in [6.07, 6.45) is 5.76. The molecule has 0 unspecified atom stereocenters. The monoisotopic (exact) mass is 290 g/mol. The van der Waals surface area contributed by atoms with Gasteiger partial charge in [0.2, 0.25) is 0 Å². The molecule has 0 N–H and O–H groups in total. The zero-order valence-corrected chi connectivity index (χ0v) is 14.1. The van der Waals surface area contributed by atoms with Crippen LogP contribution in [0.4, 0.5) is 0 Å². The number of allylic oxidation sites excluding steroid dienone is 4. The molecular weight excluding hydrogens is 268 g/mol. The first-order valence-corrected chi connectivity index (χ1v) is 11.1. The summed E-state index contributed by atoms with van der Waals surface area (Å²) < 4.78 is 0. The topological polar surface area (TPSA) is 0 Å². The van der Waals surface area contributed by atoms with E-state index in [1.807, 2.05) is 0 Å². The van der Waals surface area contributed by atoms with Crippen LogP contribution in [0.2, 0.25) is 19.6 Å². The number of hydrogen-bond donors (Lipinski definition) is 0. The van der Waals surface area contributed by atoms with E-state index >= 15 is 0 Å². The van der Waals surface area contributed by atoms with Gasteiger partial charge in [0.1, 0.15) is 0 Å². The van der Waals surface area contributed by atoms with Crippen LogP contribution in [0.25, 0.3) is 16.7 Å². The molecule has 0 bridgehead atoms. The van der Waals surface area contributed by atoms with Crippen LogP contribution < -0.4 is 0 Å². The molecule has 2 aromatic carbocycles. The second-order valence-corrected chi connectivity index (χ2v) is 11.7. The summed E-state index contributed by atoms with van der Waals surface area (Å²) in [5.41, 5.74) is 5.61. The Morgan fingerprint density at radius 2 is 1.38 bits per heavy atom. The summed E-state index contributed by atoms with van der Waals surface area (Å²) in [4.78, 5) is 0. The van der Waals surface area contributed by atoms with Crippen molar-refractivity contribution in [3.05, 3.63) is 77.5 Å². The Bertz CT molecular complexity index is 700. The summed E-state index contributed by atoms with van der Waals surface area (Å²) in [6.45, 7) is 7.30. The van der Waals surface area contributed by atoms with E-state index in [1.165, 1.54) is 22.3 Å². The SMILES string of the molecule is C[Si](C)(C)C1=C(c2ccccc2-c2ccccc2)CC=C1. The van der Waals surface area contributed by atoms with Crippen molar-refractivity contribution in [1.82, 2.24) is 0 Å². The van der Waals surface area contributed by atoms with Gasteiger partial charge in [-0.3, -0.25) is 0 Å². The molecular formula is C20H22Si. The van der Waals surface area contributed by atoms with Crippen molar-refractivity contribution < 1.29 is 0 Å². The maximum absolute atomic E-state index is 2.43. The Labute approximate surface area is 128 Å². The lowest BCUT2D eigenvalue weighted by molar-refractivity contribution is 1.42. The van der Waals surface area contributed by atoms with E-state index in [9.17, 15) is 0 Å². The molecule has 3 rings (SSSR count). The highest BCUT2D eigenvalue weighted by Crippen LogP contribution is 2.38. The molecule has 106 valence electrons. The highest BCUT2D eigenvalue weighted by atomic mass is 28.3. The average molecular weight is 290 g/mol. The molecule has 0 aromatic heterocycles. The Morgan fingerprint density at radius 3 is 2.05 bits per heavy atom. The summed E-state index contributed by atoms with van der Waals surface area (Å²) in [7, 11) is -1.30. The van der Waals surface area contributed by atoms with Crippen molar-refractivity contribution in [2.24, 2.45) is 0 Å². The minimum absolute atomic E-state index is 1.07. The number of hydrogen-bond acceptors (Lipinski definition) is 0. The third-order valence-electron chi connectivity index (χ3n) is 4.08. The minimum Gasteiger partial charge on any atom is -0.0802 e. The van der Waals surface area contributed by atoms with Gasteiger partial charge in [0.05, 0.1) is 8.07 Å². The third-order valence-corrected chi connectivity index (χ3v) is 6.16. The van der Waals surface area contributed by atoms with Crippen molar-refractivity contribution in [1.29, 1.82) is 0 Å². The maximum atomic E-state index is 2.43. The highest BCUT2D eigenvalue weighted by molar-refractivity contribution is 6.84. The lowest BCUT2D eigenvalue weighted by atomic mass is 9.94. The fourth-order valence-electron chi connectivity index (χ4n) is 3.08. The van der Waals surface area contributed by atoms with Crippen molar-refractivity contribution in [2.75, 3.05) is 0 Å². The van der Waals surface area contributed by atoms with Crippen LogP contribution in [-0.2, 0) is 0 Å². The van der Waals surface area contributed by atoms with E-state index in [1.54, 1.807) is 5.20 Å². The molecule has 0 fully saturated rings. The molecule has 0 atom stereocenters. The van der Waals surface area contributed by atoms with Gasteiger partial charge in [-0.2, -0.15) is 0 Å². The fourth-order valence-corrected chi connectivity index (χ4v) is 4.84. The average Bonchev–Trinajstić information content (AvgIpc) is 2.98. The lowest BCUT2D eigenvalue weighted by Gasteiger charge is -2.21. The standard InChI is InChI=1S/C20H22Si/c1-21(2,3)20-15-9-14-19(20)18-13-8-7-12-17(18)16-10-5-4-6-11-16/h4-13,15H,14H2,1-3H3. The number of rotatable bonds is 3. The Morgan fingerprint density at radius 1 is 0.762 bits per heavy atom. The van der Waals surface area contributed by atoms with Crippen LogP contribution in [0.3, 0.4) is 0 Å². The molecule has 0 amide bonds. The van der Waals surface area contributed by atoms with E-state index in [-0.39, 0.29) is 0 Å². The van der Waals surface area contributed by atoms with Crippen molar-refractivity contribution in [3.63, 3.8) is 0 Å². The molecule has 0 saturated carbocycles. The van der Waals surface area contributed by atoms with E-state index in [4.69, 9.17) is 0 Å². The second kappa shape index (κ2) is 5.49. The molecule has 0 radical (unpaired) electrons. The molecule has 0 heterocycles. The van der Waals surface area contributed by atoms with Gasteiger partial charge in [0, 0.05) is 0 Å². The van der Waals surface area contributed by atoms with Crippen molar-refractivity contribution in [3.8, 4) is 11.1 Å². The van der Waals surface area contributed by atoms with Gasteiger partial charge < -0.3 is 0 Å². The predicted molar refractivity (Wildman–Crippen MR) is 95.9 cm³/mol. The largest absolute Gasteiger partial charge is 0.0802 e. The zero-order valence-electron chi connectivity index (χ0n) is 13.1. The van der Waals surface area contributed by atoms with Crippen molar-refractivity contribution >= 4 is 13.6 Å². The molecule has 21 heavy (non-hydrogen) atoms. The van der Waals surface area contributed by atoms with E-state index < -0.39 is 8.07 Å². The van der Waals surface area contributed by atoms with Crippen LogP contribution in [0, 0.1) is 0 Å². The van der Waals surface area contributed by atoms with Gasteiger partial charge in [0.15, 0.2) is 0 Å². The molecule has 2 aromatic rings. The highest BCUT2D eigenvalue weighted by Gasteiger charge is 2.25. The third kappa shape index (κ3) is 2.79. The summed E-state index contributed by atoms with van der Waals surface area (Å²) in [5, 5.41) is 1.60. The molecule has 0 spiro atoms. The molecule has 1 aliphatic carbocycles. The molecule has 1 aliphatic rings. The summed E-state index contributed by atoms with van der Waals surface area (Å²) in [6, 6.07) is 19.6. The minimum atomic E-state index is -1.30. The van der Waals surface area contributed by atoms with Gasteiger partial charge >= 0.3 is 0 Å². The van der Waals surface area contributed by atoms with E-state index in [0.717, 1.165) is 6.42 Å². The van der Waals surface area contributed by atoms with Crippen molar-refractivity contribution in [2.45, 2.75) is 26.1 Å². The normalized spacial score (nSPS) is 14.8. The smallest absolute Gasteiger partial charge is 0.0779 e. The number of benzene rings is 2. The first-order valence-electron chi connectivity index (χ1n) is 7.62. The lowest BCUT2D eigenvalue weighted by Crippen LogP contribution is -2.23. The predicted octanol–water partition coefficient (Wildman–Crippen LogP) is 5.94. The van der Waals surface area contributed by atoms with Gasteiger partial charge in [-0.1, -0.05) is 91.6 Å². The molecule has 0 nitrogen and oxygen atoms in total. The molecule has 0 saturated heterocycles. The summed E-state index contributed by atoms with van der Waals surface area (Å²) in [5.74, 6) is 0. The van der Waals surface area contributed by atoms with Gasteiger partial charge in [-0.05, 0) is 28.7 Å². The molecule has 0 aliphatic heterocycles. The van der Waals surface area contributed by atoms with Crippen LogP contribution in [-0.4, -0.2) is 8.07 Å². The van der Waals surface area contributed by atoms with Crippen LogP contribution in [0.1, 0.15) is 12.0 Å². The fraction of sp³-hybridized carbons (Fsp3) is 0.200. The van der Waals surface area contributed by atoms with E-state index in [0.29, 0.717) is 0 Å². The van der Waals surface area contributed by atoms with Crippen LogP contribution in [0.15, 0.2) is 71.9 Å². The quantitative estimate of drug-likeness (QED) is 0.613.